The van der Waals surface area contributed by atoms with Crippen molar-refractivity contribution in [1.82, 2.24) is 5.32 Å². The molecule has 0 unspecified atom stereocenters. The van der Waals surface area contributed by atoms with Crippen LogP contribution in [0.15, 0.2) is 24.3 Å². The van der Waals surface area contributed by atoms with Crippen LogP contribution in [0.1, 0.15) is 31.2 Å². The number of amides is 1. The van der Waals surface area contributed by atoms with Gasteiger partial charge < -0.3 is 15.8 Å². The molecule has 1 amide bonds. The van der Waals surface area contributed by atoms with Crippen LogP contribution in [0, 0.1) is 5.92 Å². The molecule has 1 aliphatic carbocycles. The van der Waals surface area contributed by atoms with Gasteiger partial charge in [-0.1, -0.05) is 18.6 Å². The van der Waals surface area contributed by atoms with E-state index in [1.807, 2.05) is 0 Å². The maximum absolute atomic E-state index is 12.0. The van der Waals surface area contributed by atoms with Gasteiger partial charge in [0.25, 0.3) is 0 Å². The number of carbonyl (C=O) groups excluding carboxylic acids is 1. The highest BCUT2D eigenvalue weighted by Crippen LogP contribution is 2.26. The van der Waals surface area contributed by atoms with Crippen LogP contribution in [0.5, 0.6) is 5.75 Å². The number of carbonyl (C=O) groups is 1. The second kappa shape index (κ2) is 9.13. The third-order valence-corrected chi connectivity index (χ3v) is 3.98. The van der Waals surface area contributed by atoms with E-state index in [1.54, 1.807) is 12.1 Å². The van der Waals surface area contributed by atoms with E-state index in [0.29, 0.717) is 13.0 Å². The average molecular weight is 367 g/mol. The number of hydrogen-bond acceptors (Lipinski definition) is 3. The summed E-state index contributed by atoms with van der Waals surface area (Å²) in [7, 11) is 0. The highest BCUT2D eigenvalue weighted by Gasteiger charge is 2.28. The van der Waals surface area contributed by atoms with Gasteiger partial charge >= 0.3 is 6.18 Å². The van der Waals surface area contributed by atoms with Gasteiger partial charge in [0.2, 0.25) is 5.91 Å². The topological polar surface area (TPSA) is 64.4 Å². The minimum atomic E-state index is -4.35. The lowest BCUT2D eigenvalue weighted by Gasteiger charge is -2.15. The number of nitrogens with one attached hydrogen (secondary N) is 1. The smallest absolute Gasteiger partial charge is 0.422 e. The lowest BCUT2D eigenvalue weighted by atomic mass is 10.00. The molecule has 136 valence electrons. The Morgan fingerprint density at radius 3 is 2.46 bits per heavy atom. The number of alkyl halides is 3. The Hall–Kier alpha value is -1.47. The molecule has 0 aliphatic heterocycles. The van der Waals surface area contributed by atoms with Gasteiger partial charge in [-0.3, -0.25) is 4.79 Å². The number of nitrogens with two attached hydrogens (primary N) is 1. The first-order valence-corrected chi connectivity index (χ1v) is 7.64. The summed E-state index contributed by atoms with van der Waals surface area (Å²) < 4.78 is 40.8. The van der Waals surface area contributed by atoms with Crippen LogP contribution in [0.2, 0.25) is 0 Å². The predicted octanol–water partition coefficient (Wildman–Crippen LogP) is 3.18. The molecular formula is C16H22ClF3N2O2. The molecule has 0 heterocycles. The molecule has 24 heavy (non-hydrogen) atoms. The number of benzene rings is 1. The van der Waals surface area contributed by atoms with Crippen molar-refractivity contribution >= 4 is 18.3 Å². The van der Waals surface area contributed by atoms with E-state index in [1.165, 1.54) is 12.1 Å². The Morgan fingerprint density at radius 1 is 1.25 bits per heavy atom. The molecule has 0 saturated heterocycles. The van der Waals surface area contributed by atoms with Crippen molar-refractivity contribution in [2.45, 2.75) is 44.4 Å². The molecule has 0 bridgehead atoms. The summed E-state index contributed by atoms with van der Waals surface area (Å²) in [6.45, 7) is -0.981. The summed E-state index contributed by atoms with van der Waals surface area (Å²) in [6, 6.07) is 6.28. The Morgan fingerprint density at radius 2 is 1.92 bits per heavy atom. The lowest BCUT2D eigenvalue weighted by Crippen LogP contribution is -2.31. The number of halogens is 4. The van der Waals surface area contributed by atoms with Crippen LogP contribution in [-0.2, 0) is 11.3 Å². The molecule has 1 aliphatic rings. The van der Waals surface area contributed by atoms with Crippen molar-refractivity contribution in [3.05, 3.63) is 29.8 Å². The van der Waals surface area contributed by atoms with Gasteiger partial charge in [0, 0.05) is 19.0 Å². The number of ether oxygens (including phenoxy) is 1. The molecule has 1 aromatic carbocycles. The molecule has 8 heteroatoms. The highest BCUT2D eigenvalue weighted by molar-refractivity contribution is 5.85. The SMILES string of the molecule is Cl.N[C@@H]1CCC[C@H]1CC(=O)NCc1ccc(OCC(F)(F)F)cc1. The highest BCUT2D eigenvalue weighted by atomic mass is 35.5. The molecule has 1 saturated carbocycles. The lowest BCUT2D eigenvalue weighted by molar-refractivity contribution is -0.153. The van der Waals surface area contributed by atoms with Crippen LogP contribution in [0.25, 0.3) is 0 Å². The Balaban J connectivity index is 0.00000288. The van der Waals surface area contributed by atoms with E-state index in [-0.39, 0.29) is 36.0 Å². The Bertz CT molecular complexity index is 523. The summed E-state index contributed by atoms with van der Waals surface area (Å²) in [5, 5.41) is 2.81. The van der Waals surface area contributed by atoms with Crippen molar-refractivity contribution in [2.75, 3.05) is 6.61 Å². The molecule has 3 N–H and O–H groups in total. The van der Waals surface area contributed by atoms with E-state index < -0.39 is 12.8 Å². The molecule has 4 nitrogen and oxygen atoms in total. The number of rotatable bonds is 6. The van der Waals surface area contributed by atoms with Gasteiger partial charge in [0.15, 0.2) is 6.61 Å². The fourth-order valence-corrected chi connectivity index (χ4v) is 2.70. The summed E-state index contributed by atoms with van der Waals surface area (Å²) in [6.07, 6.45) is -0.905. The molecule has 2 rings (SSSR count). The second-order valence-corrected chi connectivity index (χ2v) is 5.88. The van der Waals surface area contributed by atoms with E-state index in [0.717, 1.165) is 24.8 Å². The molecule has 0 spiro atoms. The third kappa shape index (κ3) is 6.97. The van der Waals surface area contributed by atoms with Gasteiger partial charge in [-0.2, -0.15) is 13.2 Å². The van der Waals surface area contributed by atoms with Crippen molar-refractivity contribution in [3.8, 4) is 5.75 Å². The van der Waals surface area contributed by atoms with E-state index in [2.05, 4.69) is 10.1 Å². The van der Waals surface area contributed by atoms with E-state index in [9.17, 15) is 18.0 Å². The van der Waals surface area contributed by atoms with Gasteiger partial charge in [0.05, 0.1) is 0 Å². The minimum absolute atomic E-state index is 0. The zero-order valence-corrected chi connectivity index (χ0v) is 14.0. The van der Waals surface area contributed by atoms with E-state index >= 15 is 0 Å². The van der Waals surface area contributed by atoms with Gasteiger partial charge in [-0.05, 0) is 36.5 Å². The zero-order valence-electron chi connectivity index (χ0n) is 13.1. The van der Waals surface area contributed by atoms with Crippen LogP contribution in [0.3, 0.4) is 0 Å². The van der Waals surface area contributed by atoms with Crippen molar-refractivity contribution in [2.24, 2.45) is 11.7 Å². The van der Waals surface area contributed by atoms with Crippen molar-refractivity contribution in [1.29, 1.82) is 0 Å². The standard InChI is InChI=1S/C16H21F3N2O2.ClH/c17-16(18,19)10-23-13-6-4-11(5-7-13)9-21-15(22)8-12-2-1-3-14(12)20;/h4-7,12,14H,1-3,8-10,20H2,(H,21,22);1H/t12-,14+;/m0./s1. The fraction of sp³-hybridized carbons (Fsp3) is 0.562. The minimum Gasteiger partial charge on any atom is -0.484 e. The second-order valence-electron chi connectivity index (χ2n) is 5.88. The molecule has 0 aromatic heterocycles. The van der Waals surface area contributed by atoms with Gasteiger partial charge in [-0.15, -0.1) is 12.4 Å². The van der Waals surface area contributed by atoms with Crippen LogP contribution in [-0.4, -0.2) is 24.7 Å². The van der Waals surface area contributed by atoms with Crippen LogP contribution >= 0.6 is 12.4 Å². The molecular weight excluding hydrogens is 345 g/mol. The monoisotopic (exact) mass is 366 g/mol. The maximum Gasteiger partial charge on any atom is 0.422 e. The first kappa shape index (κ1) is 20.6. The summed E-state index contributed by atoms with van der Waals surface area (Å²) in [5.41, 5.74) is 6.74. The summed E-state index contributed by atoms with van der Waals surface area (Å²) >= 11 is 0. The predicted molar refractivity (Wildman–Crippen MR) is 87.0 cm³/mol. The van der Waals surface area contributed by atoms with Gasteiger partial charge in [-0.25, -0.2) is 0 Å². The van der Waals surface area contributed by atoms with Crippen LogP contribution in [0.4, 0.5) is 13.2 Å². The largest absolute Gasteiger partial charge is 0.484 e. The number of hydrogen-bond donors (Lipinski definition) is 2. The molecule has 2 atom stereocenters. The maximum atomic E-state index is 12.0. The zero-order chi connectivity index (χ0) is 16.9. The third-order valence-electron chi connectivity index (χ3n) is 3.98. The summed E-state index contributed by atoms with van der Waals surface area (Å²) in [5.74, 6) is 0.340. The van der Waals surface area contributed by atoms with Crippen LogP contribution < -0.4 is 15.8 Å². The quantitative estimate of drug-likeness (QED) is 0.812. The summed E-state index contributed by atoms with van der Waals surface area (Å²) in [4.78, 5) is 11.9. The average Bonchev–Trinajstić information content (AvgIpc) is 2.88. The molecule has 1 aromatic rings. The van der Waals surface area contributed by atoms with Crippen molar-refractivity contribution in [3.63, 3.8) is 0 Å². The Labute approximate surface area is 145 Å². The fourth-order valence-electron chi connectivity index (χ4n) is 2.70. The van der Waals surface area contributed by atoms with E-state index in [4.69, 9.17) is 5.73 Å². The normalized spacial score (nSPS) is 20.3. The molecule has 0 radical (unpaired) electrons. The molecule has 1 fully saturated rings. The first-order valence-electron chi connectivity index (χ1n) is 7.64. The van der Waals surface area contributed by atoms with Crippen molar-refractivity contribution < 1.29 is 22.7 Å². The van der Waals surface area contributed by atoms with Gasteiger partial charge in [0.1, 0.15) is 5.75 Å². The Kier molecular flexibility index (Phi) is 7.83. The first-order chi connectivity index (χ1) is 10.8.